The Bertz CT molecular complexity index is 1480. The molecule has 0 aromatic rings. The highest BCUT2D eigenvalue weighted by Gasteiger charge is 2.36. The average molecular weight is 1340 g/mol. The van der Waals surface area contributed by atoms with E-state index < -0.39 is 12.2 Å². The molecule has 0 aromatic carbocycles. The van der Waals surface area contributed by atoms with Gasteiger partial charge in [-0.2, -0.15) is 8.78 Å². The number of alkyl halides is 2. The molecule has 2 fully saturated rings. The van der Waals surface area contributed by atoms with Gasteiger partial charge in [0.2, 0.25) is 0 Å². The van der Waals surface area contributed by atoms with Gasteiger partial charge in [-0.05, 0) is 221 Å². The Morgan fingerprint density at radius 2 is 0.645 bits per heavy atom. The van der Waals surface area contributed by atoms with E-state index >= 15 is 0 Å². The largest absolute Gasteiger partial charge is 0.396 e. The fourth-order valence-corrected chi connectivity index (χ4v) is 18.4. The molecule has 2 rings (SSSR count). The van der Waals surface area contributed by atoms with Crippen LogP contribution in [0.4, 0.5) is 8.78 Å². The summed E-state index contributed by atoms with van der Waals surface area (Å²) in [6.45, 7) is 93.4. The van der Waals surface area contributed by atoms with E-state index in [9.17, 15) is 13.9 Å². The monoisotopic (exact) mass is 1340 g/mol. The van der Waals surface area contributed by atoms with Crippen molar-refractivity contribution in [2.45, 2.75) is 400 Å². The van der Waals surface area contributed by atoms with Crippen molar-refractivity contribution < 1.29 is 28.5 Å². The summed E-state index contributed by atoms with van der Waals surface area (Å²) >= 11 is 0. The summed E-state index contributed by atoms with van der Waals surface area (Å²) in [6.07, 6.45) is 13.2. The summed E-state index contributed by atoms with van der Waals surface area (Å²) in [6, 6.07) is 0. The fourth-order valence-electron chi connectivity index (χ4n) is 18.4. The van der Waals surface area contributed by atoms with Crippen LogP contribution >= 0.6 is 0 Å². The van der Waals surface area contributed by atoms with Gasteiger partial charge in [-0.1, -0.05) is 309 Å². The summed E-state index contributed by atoms with van der Waals surface area (Å²) in [4.78, 5) is 0. The molecule has 0 radical (unpaired) electrons. The maximum Gasteiger partial charge on any atom is 0.345 e. The number of rotatable bonds is 27. The molecule has 0 aliphatic heterocycles. The van der Waals surface area contributed by atoms with E-state index in [1.165, 1.54) is 57.8 Å². The molecular weight excluding hydrogens is 1150 g/mol. The minimum atomic E-state index is -2.66. The van der Waals surface area contributed by atoms with E-state index in [4.69, 9.17) is 9.84 Å². The third kappa shape index (κ3) is 54.2. The zero-order valence-electron chi connectivity index (χ0n) is 70.8. The average Bonchev–Trinajstić information content (AvgIpc) is 4.14. The third-order valence-corrected chi connectivity index (χ3v) is 20.4. The molecule has 2 unspecified atom stereocenters. The molecule has 0 bridgehead atoms. The number of hydrogen-bond acceptors (Lipinski definition) is 4. The van der Waals surface area contributed by atoms with Crippen molar-refractivity contribution in [1.29, 1.82) is 0 Å². The van der Waals surface area contributed by atoms with Gasteiger partial charge >= 0.3 is 6.61 Å². The lowest BCUT2D eigenvalue weighted by atomic mass is 9.69. The van der Waals surface area contributed by atoms with Gasteiger partial charge in [0.05, 0.1) is 23.4 Å². The van der Waals surface area contributed by atoms with E-state index in [-0.39, 0.29) is 32.5 Å². The highest BCUT2D eigenvalue weighted by Crippen LogP contribution is 2.44. The van der Waals surface area contributed by atoms with Gasteiger partial charge in [0, 0.05) is 6.61 Å². The molecule has 2 atom stereocenters. The zero-order valence-corrected chi connectivity index (χ0v) is 70.8. The number of ether oxygens (including phenoxy) is 2. The predicted octanol–water partition coefficient (Wildman–Crippen LogP) is 29.0. The van der Waals surface area contributed by atoms with Crippen molar-refractivity contribution in [3.05, 3.63) is 0 Å². The molecular formula is C87H188F2O4. The van der Waals surface area contributed by atoms with E-state index in [1.807, 2.05) is 41.5 Å². The Balaban J connectivity index is -0.000000148. The van der Waals surface area contributed by atoms with Crippen molar-refractivity contribution in [1.82, 2.24) is 0 Å². The lowest BCUT2D eigenvalue weighted by Gasteiger charge is -2.37. The molecule has 2 aliphatic rings. The fraction of sp³-hybridized carbons (Fsp3) is 1.00. The van der Waals surface area contributed by atoms with E-state index in [1.54, 1.807) is 6.92 Å². The van der Waals surface area contributed by atoms with E-state index in [2.05, 4.69) is 254 Å². The lowest BCUT2D eigenvalue weighted by Crippen LogP contribution is -2.37. The maximum absolute atomic E-state index is 12.0. The normalized spacial score (nSPS) is 15.1. The number of hydrogen-bond donors (Lipinski definition) is 2. The summed E-state index contributed by atoms with van der Waals surface area (Å²) in [7, 11) is 0. The summed E-state index contributed by atoms with van der Waals surface area (Å²) in [5.41, 5.74) is -0.105. The molecule has 4 nitrogen and oxygen atoms in total. The Hall–Kier alpha value is -0.300. The molecule has 2 N–H and O–H groups in total. The molecule has 93 heavy (non-hydrogen) atoms. The number of aliphatic hydroxyl groups is 2. The molecule has 0 saturated heterocycles. The van der Waals surface area contributed by atoms with Crippen LogP contribution in [0.15, 0.2) is 0 Å². The van der Waals surface area contributed by atoms with Gasteiger partial charge < -0.3 is 19.7 Å². The predicted molar refractivity (Wildman–Crippen MR) is 423 cm³/mol. The molecule has 0 amide bonds. The minimum Gasteiger partial charge on any atom is -0.396 e. The second kappa shape index (κ2) is 55.4. The first-order chi connectivity index (χ1) is 41.0. The lowest BCUT2D eigenvalue weighted by molar-refractivity contribution is -0.179. The summed E-state index contributed by atoms with van der Waals surface area (Å²) in [5, 5.41) is 18.7. The van der Waals surface area contributed by atoms with E-state index in [0.29, 0.717) is 83.2 Å². The molecule has 2 aliphatic carbocycles. The SMILES string of the molecule is C.C.CC(C)C(C(C)C)C(C)(C)C.CC(C)C(C(C)C)C(C)(C)O.CC(C)C(C(C)C)C(C)OC(C)(C)C.CC(C)C(C(C)C)C(C)OC(F)F.CC(C)C(C(C)C)C1CC1.CC(C)C(C(C)C)C1CCCCC1.CC(C)C(CO)C(C)C.CCCC(C(C)C)C(C)C. The molecule has 574 valence electrons. The van der Waals surface area contributed by atoms with Gasteiger partial charge in [-0.25, -0.2) is 0 Å². The van der Waals surface area contributed by atoms with Crippen molar-refractivity contribution in [3.63, 3.8) is 0 Å². The summed E-state index contributed by atoms with van der Waals surface area (Å²) < 4.78 is 34.4. The van der Waals surface area contributed by atoms with Crippen molar-refractivity contribution in [3.8, 4) is 0 Å². The van der Waals surface area contributed by atoms with Crippen LogP contribution in [-0.2, 0) is 9.47 Å². The van der Waals surface area contributed by atoms with Gasteiger partial charge in [0.1, 0.15) is 0 Å². The van der Waals surface area contributed by atoms with Crippen LogP contribution in [0.25, 0.3) is 0 Å². The molecule has 2 saturated carbocycles. The van der Waals surface area contributed by atoms with Crippen LogP contribution in [0.5, 0.6) is 0 Å². The Morgan fingerprint density at radius 1 is 0.366 bits per heavy atom. The van der Waals surface area contributed by atoms with Gasteiger partial charge in [-0.3, -0.25) is 0 Å². The van der Waals surface area contributed by atoms with Crippen molar-refractivity contribution in [2.24, 2.45) is 159 Å². The summed E-state index contributed by atoms with van der Waals surface area (Å²) in [5.74, 6) is 18.9. The first-order valence-corrected chi connectivity index (χ1v) is 38.9. The van der Waals surface area contributed by atoms with Gasteiger partial charge in [-0.15, -0.1) is 0 Å². The molecule has 0 spiro atoms. The second-order valence-corrected chi connectivity index (χ2v) is 37.4. The van der Waals surface area contributed by atoms with Gasteiger partial charge in [0.25, 0.3) is 0 Å². The Kier molecular flexibility index (Phi) is 64.7. The molecule has 0 aromatic heterocycles. The van der Waals surface area contributed by atoms with Crippen LogP contribution in [0, 0.1) is 159 Å². The third-order valence-electron chi connectivity index (χ3n) is 20.4. The standard InChI is InChI=1S/C13H28O.C13H26.C11H24.C10H20F2O.C10H22O.C10H20.C10H22.C8H18O.2CH4/c1-9(2)12(10(3)4)11(5)14-13(6,7)8;1-10(2)13(11(3)4)12-8-6-5-7-9-12;1-8(2)10(9(3)4)11(5,6)7;1-6(2)9(7(3)4)8(5)13-10(11)12;1-7(2)9(8(3)4)10(5,6)11;1-7(2)10(8(3)4)9-5-6-9;1-6-7-10(8(2)3)9(4)5;1-6(2)8(5-9)7(3)4;;/h9-12H,1-8H3;10-13H,5-9H2,1-4H3;8-10H,1-7H3;6-10H,1-5H3;7-9,11H,1-6H3;7-10H,5-6H2,1-4H3;8-10H,6-7H2,1-5H3;6-9H,5H2,1-4H3;2*1H4. The molecule has 6 heteroatoms. The Labute approximate surface area is 591 Å². The highest BCUT2D eigenvalue weighted by atomic mass is 19.3. The van der Waals surface area contributed by atoms with Crippen LogP contribution in [-0.4, -0.2) is 46.8 Å². The first kappa shape index (κ1) is 109. The second-order valence-electron chi connectivity index (χ2n) is 37.4. The first-order valence-electron chi connectivity index (χ1n) is 38.9. The van der Waals surface area contributed by atoms with Crippen molar-refractivity contribution >= 4 is 0 Å². The number of halogens is 2. The topological polar surface area (TPSA) is 58.9 Å². The maximum atomic E-state index is 12.0. The van der Waals surface area contributed by atoms with Crippen molar-refractivity contribution in [2.75, 3.05) is 6.61 Å². The van der Waals surface area contributed by atoms with Crippen LogP contribution < -0.4 is 0 Å². The highest BCUT2D eigenvalue weighted by molar-refractivity contribution is 4.85. The zero-order chi connectivity index (χ0) is 73.7. The Morgan fingerprint density at radius 3 is 0.774 bits per heavy atom. The number of aliphatic hydroxyl groups excluding tert-OH is 1. The van der Waals surface area contributed by atoms with E-state index in [0.717, 1.165) is 82.9 Å². The van der Waals surface area contributed by atoms with Crippen LogP contribution in [0.1, 0.15) is 370 Å². The van der Waals surface area contributed by atoms with Gasteiger partial charge in [0.15, 0.2) is 0 Å². The smallest absolute Gasteiger partial charge is 0.345 e. The quantitative estimate of drug-likeness (QED) is 0.0861. The molecule has 0 heterocycles. The van der Waals surface area contributed by atoms with Crippen LogP contribution in [0.2, 0.25) is 0 Å². The van der Waals surface area contributed by atoms with Crippen LogP contribution in [0.3, 0.4) is 0 Å². The minimum absolute atomic E-state index is 0.